The maximum Gasteiger partial charge on any atom is 0.315 e. The van der Waals surface area contributed by atoms with Gasteiger partial charge in [-0.05, 0) is 53.3 Å². The molecule has 0 aliphatic carbocycles. The van der Waals surface area contributed by atoms with Crippen molar-refractivity contribution in [1.82, 2.24) is 15.5 Å². The molecule has 4 rings (SSSR count). The van der Waals surface area contributed by atoms with Crippen molar-refractivity contribution in [2.75, 3.05) is 6.54 Å². The molecule has 1 saturated heterocycles. The van der Waals surface area contributed by atoms with Crippen LogP contribution in [-0.2, 0) is 17.9 Å². The molecule has 3 aromatic carbocycles. The molecule has 34 heavy (non-hydrogen) atoms. The van der Waals surface area contributed by atoms with Gasteiger partial charge in [0.05, 0.1) is 6.04 Å². The van der Waals surface area contributed by atoms with Crippen molar-refractivity contribution in [3.8, 4) is 11.1 Å². The van der Waals surface area contributed by atoms with Crippen LogP contribution in [0.5, 0.6) is 0 Å². The van der Waals surface area contributed by atoms with Gasteiger partial charge in [0.2, 0.25) is 5.91 Å². The van der Waals surface area contributed by atoms with Gasteiger partial charge in [0.25, 0.3) is 0 Å². The Labute approximate surface area is 197 Å². The lowest BCUT2D eigenvalue weighted by molar-refractivity contribution is -0.128. The molecule has 5 nitrogen and oxygen atoms in total. The molecule has 7 heteroatoms. The molecule has 0 saturated carbocycles. The van der Waals surface area contributed by atoms with E-state index in [9.17, 15) is 18.4 Å². The minimum absolute atomic E-state index is 0.206. The molecule has 176 valence electrons. The molecule has 2 N–H and O–H groups in total. The van der Waals surface area contributed by atoms with Crippen molar-refractivity contribution < 1.29 is 18.4 Å². The van der Waals surface area contributed by atoms with Gasteiger partial charge in [0, 0.05) is 26.1 Å². The number of hydrogen-bond acceptors (Lipinski definition) is 2. The summed E-state index contributed by atoms with van der Waals surface area (Å²) in [5.41, 5.74) is 4.52. The quantitative estimate of drug-likeness (QED) is 0.499. The van der Waals surface area contributed by atoms with Crippen molar-refractivity contribution in [3.05, 3.63) is 95.1 Å². The standard InChI is InChI=1S/C27H27F2N3O2/c1-18(21-12-13-24(28)25(29)15-21)31-27(34)30-16-22-5-2-3-6-23(22)20-10-8-19(9-11-20)17-32-14-4-7-26(32)33/h2-3,5-6,8-13,15,18H,4,7,14,16-17H2,1H3,(H2,30,31,34)/t18-/m0/s1. The smallest absolute Gasteiger partial charge is 0.315 e. The maximum absolute atomic E-state index is 13.5. The summed E-state index contributed by atoms with van der Waals surface area (Å²) in [6.07, 6.45) is 1.55. The number of nitrogens with zero attached hydrogens (tertiary/aromatic N) is 1. The van der Waals surface area contributed by atoms with Gasteiger partial charge in [0.15, 0.2) is 11.6 Å². The molecule has 1 aliphatic heterocycles. The largest absolute Gasteiger partial charge is 0.338 e. The van der Waals surface area contributed by atoms with E-state index in [4.69, 9.17) is 0 Å². The van der Waals surface area contributed by atoms with E-state index in [1.807, 2.05) is 53.4 Å². The molecule has 3 aromatic rings. The lowest BCUT2D eigenvalue weighted by Crippen LogP contribution is -2.36. The number of carbonyl (C=O) groups excluding carboxylic acids is 2. The summed E-state index contributed by atoms with van der Waals surface area (Å²) in [6.45, 7) is 3.44. The molecule has 0 spiro atoms. The average molecular weight is 464 g/mol. The van der Waals surface area contributed by atoms with Gasteiger partial charge in [-0.3, -0.25) is 4.79 Å². The van der Waals surface area contributed by atoms with E-state index < -0.39 is 23.7 Å². The number of urea groups is 1. The normalized spacial score (nSPS) is 14.2. The number of likely N-dealkylation sites (tertiary alicyclic amines) is 1. The van der Waals surface area contributed by atoms with Gasteiger partial charge in [-0.1, -0.05) is 54.6 Å². The zero-order valence-corrected chi connectivity index (χ0v) is 19.0. The lowest BCUT2D eigenvalue weighted by atomic mass is 9.98. The number of nitrogens with one attached hydrogen (secondary N) is 2. The summed E-state index contributed by atoms with van der Waals surface area (Å²) in [6, 6.07) is 18.6. The van der Waals surface area contributed by atoms with E-state index in [0.29, 0.717) is 25.1 Å². The monoisotopic (exact) mass is 463 g/mol. The fraction of sp³-hybridized carbons (Fsp3) is 0.259. The topological polar surface area (TPSA) is 61.4 Å². The summed E-state index contributed by atoms with van der Waals surface area (Å²) in [5.74, 6) is -1.66. The zero-order valence-electron chi connectivity index (χ0n) is 19.0. The molecule has 0 bridgehead atoms. The predicted molar refractivity (Wildman–Crippen MR) is 127 cm³/mol. The van der Waals surface area contributed by atoms with Crippen LogP contribution in [0, 0.1) is 11.6 Å². The highest BCUT2D eigenvalue weighted by atomic mass is 19.2. The Bertz CT molecular complexity index is 1180. The Kier molecular flexibility index (Phi) is 7.21. The number of carbonyl (C=O) groups is 2. The van der Waals surface area contributed by atoms with Crippen molar-refractivity contribution in [3.63, 3.8) is 0 Å². The third-order valence-electron chi connectivity index (χ3n) is 6.06. The van der Waals surface area contributed by atoms with Crippen LogP contribution in [0.15, 0.2) is 66.7 Å². The first kappa shape index (κ1) is 23.4. The van der Waals surface area contributed by atoms with Crippen LogP contribution in [-0.4, -0.2) is 23.4 Å². The molecule has 1 aliphatic rings. The fourth-order valence-electron chi connectivity index (χ4n) is 4.13. The second-order valence-corrected chi connectivity index (χ2v) is 8.50. The Hall–Kier alpha value is -3.74. The van der Waals surface area contributed by atoms with E-state index >= 15 is 0 Å². The molecule has 1 atom stereocenters. The lowest BCUT2D eigenvalue weighted by Gasteiger charge is -2.17. The van der Waals surface area contributed by atoms with E-state index in [1.165, 1.54) is 6.07 Å². The van der Waals surface area contributed by atoms with Gasteiger partial charge in [0.1, 0.15) is 0 Å². The highest BCUT2D eigenvalue weighted by Gasteiger charge is 2.20. The molecular formula is C27H27F2N3O2. The van der Waals surface area contributed by atoms with Gasteiger partial charge in [-0.2, -0.15) is 0 Å². The number of hydrogen-bond donors (Lipinski definition) is 2. The Balaban J connectivity index is 1.38. The summed E-state index contributed by atoms with van der Waals surface area (Å²) < 4.78 is 26.6. The molecule has 0 aromatic heterocycles. The summed E-state index contributed by atoms with van der Waals surface area (Å²) in [4.78, 5) is 26.2. The second kappa shape index (κ2) is 10.5. The molecule has 0 radical (unpaired) electrons. The van der Waals surface area contributed by atoms with E-state index in [2.05, 4.69) is 10.6 Å². The first-order valence-electron chi connectivity index (χ1n) is 11.3. The van der Waals surface area contributed by atoms with Crippen LogP contribution in [0.25, 0.3) is 11.1 Å². The number of halogens is 2. The van der Waals surface area contributed by atoms with Crippen LogP contribution in [0.3, 0.4) is 0 Å². The summed E-state index contributed by atoms with van der Waals surface area (Å²) in [5, 5.41) is 5.58. The minimum Gasteiger partial charge on any atom is -0.338 e. The molecule has 1 heterocycles. The summed E-state index contributed by atoms with van der Waals surface area (Å²) in [7, 11) is 0. The zero-order chi connectivity index (χ0) is 24.1. The SMILES string of the molecule is C[C@H](NC(=O)NCc1ccccc1-c1ccc(CN2CCCC2=O)cc1)c1ccc(F)c(F)c1. The third-order valence-corrected chi connectivity index (χ3v) is 6.06. The van der Waals surface area contributed by atoms with Gasteiger partial charge in [-0.25, -0.2) is 13.6 Å². The van der Waals surface area contributed by atoms with Gasteiger partial charge in [-0.15, -0.1) is 0 Å². The van der Waals surface area contributed by atoms with Crippen LogP contribution < -0.4 is 10.6 Å². The highest BCUT2D eigenvalue weighted by Crippen LogP contribution is 2.25. The molecular weight excluding hydrogens is 436 g/mol. The Morgan fingerprint density at radius 2 is 1.79 bits per heavy atom. The second-order valence-electron chi connectivity index (χ2n) is 8.50. The van der Waals surface area contributed by atoms with Crippen LogP contribution >= 0.6 is 0 Å². The predicted octanol–water partition coefficient (Wildman–Crippen LogP) is 5.31. The summed E-state index contributed by atoms with van der Waals surface area (Å²) >= 11 is 0. The van der Waals surface area contributed by atoms with Crippen molar-refractivity contribution >= 4 is 11.9 Å². The molecule has 0 unspecified atom stereocenters. The Morgan fingerprint density at radius 1 is 1.03 bits per heavy atom. The van der Waals surface area contributed by atoms with E-state index in [1.54, 1.807) is 6.92 Å². The average Bonchev–Trinajstić information content (AvgIpc) is 3.24. The number of rotatable bonds is 7. The van der Waals surface area contributed by atoms with Gasteiger partial charge >= 0.3 is 6.03 Å². The van der Waals surface area contributed by atoms with Crippen LogP contribution in [0.4, 0.5) is 13.6 Å². The number of amides is 3. The molecule has 1 fully saturated rings. The first-order valence-corrected chi connectivity index (χ1v) is 11.3. The minimum atomic E-state index is -0.946. The van der Waals surface area contributed by atoms with Crippen molar-refractivity contribution in [2.45, 2.75) is 38.9 Å². The number of benzene rings is 3. The molecule has 3 amide bonds. The van der Waals surface area contributed by atoms with E-state index in [0.717, 1.165) is 47.4 Å². The van der Waals surface area contributed by atoms with Crippen molar-refractivity contribution in [2.24, 2.45) is 0 Å². The highest BCUT2D eigenvalue weighted by molar-refractivity contribution is 5.78. The Morgan fingerprint density at radius 3 is 2.50 bits per heavy atom. The van der Waals surface area contributed by atoms with E-state index in [-0.39, 0.29) is 5.91 Å². The fourth-order valence-corrected chi connectivity index (χ4v) is 4.13. The maximum atomic E-state index is 13.5. The van der Waals surface area contributed by atoms with Gasteiger partial charge < -0.3 is 15.5 Å². The third kappa shape index (κ3) is 5.60. The van der Waals surface area contributed by atoms with Crippen molar-refractivity contribution in [1.29, 1.82) is 0 Å². The van der Waals surface area contributed by atoms with Crippen LogP contribution in [0.1, 0.15) is 42.5 Å². The van der Waals surface area contributed by atoms with Crippen LogP contribution in [0.2, 0.25) is 0 Å². The first-order chi connectivity index (χ1) is 16.4.